The first-order chi connectivity index (χ1) is 15.9. The number of ether oxygens (including phenoxy) is 1. The van der Waals surface area contributed by atoms with Gasteiger partial charge in [-0.15, -0.1) is 11.3 Å². The van der Waals surface area contributed by atoms with E-state index >= 15 is 0 Å². The van der Waals surface area contributed by atoms with Crippen molar-refractivity contribution < 1.29 is 19.1 Å². The number of carbonyl (C=O) groups excluding carboxylic acids is 3. The van der Waals surface area contributed by atoms with Crippen molar-refractivity contribution in [3.63, 3.8) is 0 Å². The number of anilines is 3. The number of nitrogens with two attached hydrogens (primary N) is 1. The molecule has 1 atom stereocenters. The Kier molecular flexibility index (Phi) is 7.14. The van der Waals surface area contributed by atoms with Gasteiger partial charge in [0.2, 0.25) is 5.91 Å². The summed E-state index contributed by atoms with van der Waals surface area (Å²) in [6.07, 6.45) is 2.45. The first-order valence-electron chi connectivity index (χ1n) is 11.2. The molecular formula is C23H29N5O4S. The number of rotatable bonds is 7. The molecule has 2 aliphatic heterocycles. The van der Waals surface area contributed by atoms with Gasteiger partial charge < -0.3 is 26.0 Å². The highest BCUT2D eigenvalue weighted by Crippen LogP contribution is 2.34. The summed E-state index contributed by atoms with van der Waals surface area (Å²) in [7, 11) is 0. The molecule has 1 unspecified atom stereocenters. The third-order valence-corrected chi connectivity index (χ3v) is 6.78. The maximum absolute atomic E-state index is 12.6. The minimum absolute atomic E-state index is 0.124. The van der Waals surface area contributed by atoms with Crippen molar-refractivity contribution in [1.29, 1.82) is 0 Å². The Hall–Kier alpha value is -3.11. The third kappa shape index (κ3) is 5.45. The Morgan fingerprint density at radius 2 is 1.97 bits per heavy atom. The number of cyclic esters (lactones) is 1. The summed E-state index contributed by atoms with van der Waals surface area (Å²) >= 11 is 1.42. The van der Waals surface area contributed by atoms with Crippen LogP contribution in [-0.2, 0) is 9.53 Å². The number of aryl methyl sites for hydroxylation is 1. The molecule has 176 valence electrons. The summed E-state index contributed by atoms with van der Waals surface area (Å²) in [5.74, 6) is -0.473. The van der Waals surface area contributed by atoms with Crippen molar-refractivity contribution in [2.75, 3.05) is 47.8 Å². The van der Waals surface area contributed by atoms with Crippen molar-refractivity contribution in [1.82, 2.24) is 5.32 Å². The van der Waals surface area contributed by atoms with Gasteiger partial charge in [0.1, 0.15) is 6.10 Å². The van der Waals surface area contributed by atoms with Gasteiger partial charge in [-0.25, -0.2) is 4.79 Å². The average molecular weight is 472 g/mol. The molecule has 10 heteroatoms. The number of thiophene rings is 1. The summed E-state index contributed by atoms with van der Waals surface area (Å²) < 4.78 is 5.47. The number of benzene rings is 1. The second-order valence-electron chi connectivity index (χ2n) is 8.24. The number of piperidine rings is 1. The van der Waals surface area contributed by atoms with E-state index in [4.69, 9.17) is 10.5 Å². The number of hydrogen-bond donors (Lipinski definition) is 3. The van der Waals surface area contributed by atoms with Crippen molar-refractivity contribution in [2.24, 2.45) is 5.73 Å². The van der Waals surface area contributed by atoms with E-state index in [9.17, 15) is 14.4 Å². The van der Waals surface area contributed by atoms with E-state index in [0.717, 1.165) is 36.5 Å². The fraction of sp³-hybridized carbons (Fsp3) is 0.435. The van der Waals surface area contributed by atoms with E-state index in [-0.39, 0.29) is 24.9 Å². The summed E-state index contributed by atoms with van der Waals surface area (Å²) in [6.45, 7) is 4.18. The molecule has 9 nitrogen and oxygen atoms in total. The van der Waals surface area contributed by atoms with Crippen LogP contribution in [-0.4, -0.2) is 56.7 Å². The SMILES string of the molecule is Cc1ccc(C(=O)NCC2CN(c3ccc(N4CCCCC4)c(NC(=O)CN)c3)C(=O)O2)s1. The lowest BCUT2D eigenvalue weighted by Crippen LogP contribution is -2.34. The number of amides is 3. The van der Waals surface area contributed by atoms with E-state index in [1.807, 2.05) is 25.1 Å². The highest BCUT2D eigenvalue weighted by Gasteiger charge is 2.33. The van der Waals surface area contributed by atoms with Crippen LogP contribution in [0.25, 0.3) is 0 Å². The lowest BCUT2D eigenvalue weighted by atomic mass is 10.1. The summed E-state index contributed by atoms with van der Waals surface area (Å²) in [5.41, 5.74) is 7.67. The molecule has 1 aromatic carbocycles. The van der Waals surface area contributed by atoms with Crippen LogP contribution in [0.2, 0.25) is 0 Å². The maximum Gasteiger partial charge on any atom is 0.414 e. The fourth-order valence-corrected chi connectivity index (χ4v) is 4.88. The fourth-order valence-electron chi connectivity index (χ4n) is 4.09. The minimum atomic E-state index is -0.483. The Balaban J connectivity index is 1.45. The molecule has 0 spiro atoms. The number of carbonyl (C=O) groups is 3. The molecule has 1 aromatic heterocycles. The highest BCUT2D eigenvalue weighted by molar-refractivity contribution is 7.13. The van der Waals surface area contributed by atoms with Crippen LogP contribution < -0.4 is 26.2 Å². The third-order valence-electron chi connectivity index (χ3n) is 5.78. The molecular weight excluding hydrogens is 442 g/mol. The molecule has 3 amide bonds. The normalized spacial score (nSPS) is 18.2. The lowest BCUT2D eigenvalue weighted by molar-refractivity contribution is -0.114. The smallest absolute Gasteiger partial charge is 0.414 e. The van der Waals surface area contributed by atoms with Crippen LogP contribution in [0.5, 0.6) is 0 Å². The van der Waals surface area contributed by atoms with Crippen molar-refractivity contribution in [2.45, 2.75) is 32.3 Å². The molecule has 0 saturated carbocycles. The standard InChI is InChI=1S/C23H29N5O4S/c1-15-5-8-20(33-15)22(30)25-13-17-14-28(23(31)32-17)16-6-7-19(27-9-3-2-4-10-27)18(11-16)26-21(29)12-24/h5-8,11,17H,2-4,9-10,12-14,24H2,1H3,(H,25,30)(H,26,29). The van der Waals surface area contributed by atoms with Crippen LogP contribution >= 0.6 is 11.3 Å². The van der Waals surface area contributed by atoms with Gasteiger partial charge in [-0.3, -0.25) is 14.5 Å². The second kappa shape index (κ2) is 10.2. The van der Waals surface area contributed by atoms with E-state index in [1.54, 1.807) is 12.1 Å². The molecule has 0 radical (unpaired) electrons. The Bertz CT molecular complexity index is 1030. The van der Waals surface area contributed by atoms with Gasteiger partial charge in [-0.1, -0.05) is 0 Å². The zero-order chi connectivity index (χ0) is 23.4. The molecule has 2 aromatic rings. The molecule has 33 heavy (non-hydrogen) atoms. The number of nitrogens with zero attached hydrogens (tertiary/aromatic N) is 2. The Morgan fingerprint density at radius 1 is 1.18 bits per heavy atom. The van der Waals surface area contributed by atoms with Gasteiger partial charge in [0, 0.05) is 23.7 Å². The van der Waals surface area contributed by atoms with Crippen LogP contribution in [0.1, 0.15) is 33.8 Å². The molecule has 0 bridgehead atoms. The van der Waals surface area contributed by atoms with Gasteiger partial charge in [0.25, 0.3) is 5.91 Å². The molecule has 2 saturated heterocycles. The Morgan fingerprint density at radius 3 is 2.67 bits per heavy atom. The van der Waals surface area contributed by atoms with E-state index < -0.39 is 12.2 Å². The molecule has 2 fully saturated rings. The largest absolute Gasteiger partial charge is 0.442 e. The predicted molar refractivity (Wildman–Crippen MR) is 129 cm³/mol. The summed E-state index contributed by atoms with van der Waals surface area (Å²) in [4.78, 5) is 42.3. The van der Waals surface area contributed by atoms with Gasteiger partial charge >= 0.3 is 6.09 Å². The summed E-state index contributed by atoms with van der Waals surface area (Å²) in [6, 6.07) is 9.25. The van der Waals surface area contributed by atoms with Gasteiger partial charge in [0.05, 0.1) is 35.9 Å². The zero-order valence-corrected chi connectivity index (χ0v) is 19.5. The van der Waals surface area contributed by atoms with E-state index in [1.165, 1.54) is 22.7 Å². The average Bonchev–Trinajstić information content (AvgIpc) is 3.43. The quantitative estimate of drug-likeness (QED) is 0.572. The van der Waals surface area contributed by atoms with E-state index in [0.29, 0.717) is 22.8 Å². The topological polar surface area (TPSA) is 117 Å². The van der Waals surface area contributed by atoms with Crippen molar-refractivity contribution in [3.05, 3.63) is 40.1 Å². The first-order valence-corrected chi connectivity index (χ1v) is 12.0. The second-order valence-corrected chi connectivity index (χ2v) is 9.53. The first kappa shape index (κ1) is 23.1. The van der Waals surface area contributed by atoms with Gasteiger partial charge in [-0.05, 0) is 56.5 Å². The maximum atomic E-state index is 12.6. The van der Waals surface area contributed by atoms with Crippen LogP contribution in [0.3, 0.4) is 0 Å². The van der Waals surface area contributed by atoms with Crippen LogP contribution in [0.4, 0.5) is 21.9 Å². The minimum Gasteiger partial charge on any atom is -0.442 e. The highest BCUT2D eigenvalue weighted by atomic mass is 32.1. The molecule has 4 N–H and O–H groups in total. The van der Waals surface area contributed by atoms with Crippen molar-refractivity contribution >= 4 is 46.3 Å². The molecule has 3 heterocycles. The number of nitrogens with one attached hydrogen (secondary N) is 2. The monoisotopic (exact) mass is 471 g/mol. The molecule has 0 aliphatic carbocycles. The number of hydrogen-bond acceptors (Lipinski definition) is 7. The summed E-state index contributed by atoms with van der Waals surface area (Å²) in [5, 5.41) is 5.70. The Labute approximate surface area is 196 Å². The van der Waals surface area contributed by atoms with Gasteiger partial charge in [-0.2, -0.15) is 0 Å². The molecule has 2 aliphatic rings. The zero-order valence-electron chi connectivity index (χ0n) is 18.6. The van der Waals surface area contributed by atoms with Crippen LogP contribution in [0, 0.1) is 6.92 Å². The predicted octanol–water partition coefficient (Wildman–Crippen LogP) is 2.70. The van der Waals surface area contributed by atoms with Crippen LogP contribution in [0.15, 0.2) is 30.3 Å². The van der Waals surface area contributed by atoms with Gasteiger partial charge in [0.15, 0.2) is 0 Å². The van der Waals surface area contributed by atoms with Crippen molar-refractivity contribution in [3.8, 4) is 0 Å². The lowest BCUT2D eigenvalue weighted by Gasteiger charge is -2.31. The molecule has 4 rings (SSSR count). The van der Waals surface area contributed by atoms with E-state index in [2.05, 4.69) is 15.5 Å².